The zero-order valence-electron chi connectivity index (χ0n) is 9.25. The van der Waals surface area contributed by atoms with Crippen molar-refractivity contribution in [2.45, 2.75) is 19.9 Å². The van der Waals surface area contributed by atoms with Crippen LogP contribution in [0, 0.1) is 5.92 Å². The van der Waals surface area contributed by atoms with Gasteiger partial charge in [-0.25, -0.2) is 0 Å². The lowest BCUT2D eigenvalue weighted by atomic mass is 10.1. The van der Waals surface area contributed by atoms with Gasteiger partial charge in [0, 0.05) is 6.54 Å². The third kappa shape index (κ3) is 2.96. The largest absolute Gasteiger partial charge is 0.370 e. The van der Waals surface area contributed by atoms with Crippen molar-refractivity contribution < 1.29 is 9.53 Å². The van der Waals surface area contributed by atoms with E-state index in [4.69, 9.17) is 4.74 Å². The van der Waals surface area contributed by atoms with Crippen molar-refractivity contribution in [1.82, 2.24) is 10.2 Å². The number of morpholine rings is 1. The smallest absolute Gasteiger partial charge is 0.248 e. The SMILES string of the molecule is CNCC(C)CN1C(=O)COCC1C. The molecule has 0 bridgehead atoms. The predicted octanol–water partition coefficient (Wildman–Crippen LogP) is 0.0892. The third-order valence-electron chi connectivity index (χ3n) is 2.50. The van der Waals surface area contributed by atoms with Crippen LogP contribution in [0.25, 0.3) is 0 Å². The molecule has 1 rings (SSSR count). The summed E-state index contributed by atoms with van der Waals surface area (Å²) in [6, 6.07) is 0.218. The summed E-state index contributed by atoms with van der Waals surface area (Å²) in [6.45, 7) is 6.85. The van der Waals surface area contributed by atoms with Gasteiger partial charge in [-0.2, -0.15) is 0 Å². The summed E-state index contributed by atoms with van der Waals surface area (Å²) in [5.74, 6) is 0.608. The van der Waals surface area contributed by atoms with E-state index < -0.39 is 0 Å². The minimum atomic E-state index is 0.117. The number of amides is 1. The number of nitrogens with zero attached hydrogens (tertiary/aromatic N) is 1. The maximum atomic E-state index is 11.5. The van der Waals surface area contributed by atoms with E-state index in [9.17, 15) is 4.79 Å². The van der Waals surface area contributed by atoms with Crippen LogP contribution in [0.4, 0.5) is 0 Å². The first-order valence-corrected chi connectivity index (χ1v) is 5.17. The van der Waals surface area contributed by atoms with E-state index in [0.29, 0.717) is 12.5 Å². The van der Waals surface area contributed by atoms with E-state index in [1.165, 1.54) is 0 Å². The highest BCUT2D eigenvalue weighted by Gasteiger charge is 2.26. The molecule has 0 aliphatic carbocycles. The van der Waals surface area contributed by atoms with Crippen LogP contribution in [0.3, 0.4) is 0 Å². The molecule has 0 radical (unpaired) electrons. The molecule has 4 nitrogen and oxygen atoms in total. The van der Waals surface area contributed by atoms with Crippen molar-refractivity contribution in [2.24, 2.45) is 5.92 Å². The average Bonchev–Trinajstić information content (AvgIpc) is 2.12. The van der Waals surface area contributed by atoms with Gasteiger partial charge in [-0.3, -0.25) is 4.79 Å². The van der Waals surface area contributed by atoms with Crippen molar-refractivity contribution in [3.63, 3.8) is 0 Å². The molecule has 1 amide bonds. The van der Waals surface area contributed by atoms with Crippen LogP contribution < -0.4 is 5.32 Å². The van der Waals surface area contributed by atoms with Crippen molar-refractivity contribution in [1.29, 1.82) is 0 Å². The van der Waals surface area contributed by atoms with Crippen molar-refractivity contribution in [3.8, 4) is 0 Å². The number of rotatable bonds is 4. The van der Waals surface area contributed by atoms with E-state index in [1.807, 2.05) is 18.9 Å². The quantitative estimate of drug-likeness (QED) is 0.699. The van der Waals surface area contributed by atoms with Gasteiger partial charge in [-0.1, -0.05) is 6.92 Å². The number of nitrogens with one attached hydrogen (secondary N) is 1. The lowest BCUT2D eigenvalue weighted by Crippen LogP contribution is -2.50. The highest BCUT2D eigenvalue weighted by Crippen LogP contribution is 2.10. The first kappa shape index (κ1) is 11.5. The zero-order chi connectivity index (χ0) is 10.6. The van der Waals surface area contributed by atoms with Gasteiger partial charge in [0.1, 0.15) is 6.61 Å². The minimum absolute atomic E-state index is 0.117. The first-order valence-electron chi connectivity index (χ1n) is 5.17. The molecule has 0 saturated carbocycles. The molecule has 4 heteroatoms. The van der Waals surface area contributed by atoms with E-state index in [0.717, 1.165) is 13.1 Å². The topological polar surface area (TPSA) is 41.6 Å². The van der Waals surface area contributed by atoms with Gasteiger partial charge >= 0.3 is 0 Å². The van der Waals surface area contributed by atoms with Crippen LogP contribution in [0.2, 0.25) is 0 Å². The molecular formula is C10H20N2O2. The second-order valence-corrected chi connectivity index (χ2v) is 4.07. The number of hydrogen-bond acceptors (Lipinski definition) is 3. The summed E-state index contributed by atoms with van der Waals surface area (Å²) in [7, 11) is 1.93. The number of carbonyl (C=O) groups is 1. The maximum Gasteiger partial charge on any atom is 0.248 e. The monoisotopic (exact) mass is 200 g/mol. The average molecular weight is 200 g/mol. The van der Waals surface area contributed by atoms with E-state index >= 15 is 0 Å². The summed E-state index contributed by atoms with van der Waals surface area (Å²) < 4.78 is 5.16. The highest BCUT2D eigenvalue weighted by molar-refractivity contribution is 5.78. The lowest BCUT2D eigenvalue weighted by molar-refractivity contribution is -0.148. The summed E-state index contributed by atoms with van der Waals surface area (Å²) in [4.78, 5) is 13.4. The Balaban J connectivity index is 2.43. The van der Waals surface area contributed by atoms with E-state index in [1.54, 1.807) is 0 Å². The van der Waals surface area contributed by atoms with Crippen LogP contribution in [0.1, 0.15) is 13.8 Å². The molecule has 1 heterocycles. The minimum Gasteiger partial charge on any atom is -0.370 e. The predicted molar refractivity (Wildman–Crippen MR) is 55.1 cm³/mol. The molecule has 0 aromatic heterocycles. The van der Waals surface area contributed by atoms with Crippen molar-refractivity contribution in [3.05, 3.63) is 0 Å². The van der Waals surface area contributed by atoms with Gasteiger partial charge in [0.2, 0.25) is 5.91 Å². The molecule has 2 atom stereocenters. The lowest BCUT2D eigenvalue weighted by Gasteiger charge is -2.35. The molecular weight excluding hydrogens is 180 g/mol. The second kappa shape index (κ2) is 5.32. The molecule has 1 N–H and O–H groups in total. The Hall–Kier alpha value is -0.610. The van der Waals surface area contributed by atoms with Gasteiger partial charge in [-0.15, -0.1) is 0 Å². The molecule has 2 unspecified atom stereocenters. The molecule has 0 aromatic carbocycles. The third-order valence-corrected chi connectivity index (χ3v) is 2.50. The molecule has 1 aliphatic heterocycles. The number of carbonyl (C=O) groups excluding carboxylic acids is 1. The Labute approximate surface area is 85.6 Å². The second-order valence-electron chi connectivity index (χ2n) is 4.07. The molecule has 1 fully saturated rings. The van der Waals surface area contributed by atoms with Gasteiger partial charge < -0.3 is 15.0 Å². The Kier molecular flexibility index (Phi) is 4.35. The maximum absolute atomic E-state index is 11.5. The van der Waals surface area contributed by atoms with Crippen molar-refractivity contribution >= 4 is 5.91 Å². The fourth-order valence-corrected chi connectivity index (χ4v) is 1.77. The Bertz CT molecular complexity index is 197. The summed E-state index contributed by atoms with van der Waals surface area (Å²) >= 11 is 0. The Morgan fingerprint density at radius 2 is 2.43 bits per heavy atom. The van der Waals surface area contributed by atoms with Crippen molar-refractivity contribution in [2.75, 3.05) is 33.4 Å². The molecule has 1 saturated heterocycles. The van der Waals surface area contributed by atoms with Crippen LogP contribution in [0.15, 0.2) is 0 Å². The van der Waals surface area contributed by atoms with Gasteiger partial charge in [-0.05, 0) is 26.4 Å². The Morgan fingerprint density at radius 3 is 3.00 bits per heavy atom. The fraction of sp³-hybridized carbons (Fsp3) is 0.900. The normalized spacial score (nSPS) is 25.2. The molecule has 14 heavy (non-hydrogen) atoms. The Morgan fingerprint density at radius 1 is 1.71 bits per heavy atom. The van der Waals surface area contributed by atoms with Crippen LogP contribution >= 0.6 is 0 Å². The summed E-state index contributed by atoms with van der Waals surface area (Å²) in [5, 5.41) is 3.12. The molecule has 82 valence electrons. The van der Waals surface area contributed by atoms with Gasteiger partial charge in [0.05, 0.1) is 12.6 Å². The van der Waals surface area contributed by atoms with Crippen LogP contribution in [0.5, 0.6) is 0 Å². The number of ether oxygens (including phenoxy) is 1. The standard InChI is InChI=1S/C10H20N2O2/c1-8(4-11-3)5-12-9(2)6-14-7-10(12)13/h8-9,11H,4-7H2,1-3H3. The van der Waals surface area contributed by atoms with Gasteiger partial charge in [0.15, 0.2) is 0 Å². The molecule has 0 aromatic rings. The van der Waals surface area contributed by atoms with Gasteiger partial charge in [0.25, 0.3) is 0 Å². The summed E-state index contributed by atoms with van der Waals surface area (Å²) in [5.41, 5.74) is 0. The number of hydrogen-bond donors (Lipinski definition) is 1. The zero-order valence-corrected chi connectivity index (χ0v) is 9.25. The fourth-order valence-electron chi connectivity index (χ4n) is 1.77. The van der Waals surface area contributed by atoms with E-state index in [-0.39, 0.29) is 18.6 Å². The summed E-state index contributed by atoms with van der Waals surface area (Å²) in [6.07, 6.45) is 0. The molecule has 1 aliphatic rings. The van der Waals surface area contributed by atoms with Crippen LogP contribution in [-0.2, 0) is 9.53 Å². The first-order chi connectivity index (χ1) is 6.65. The molecule has 0 spiro atoms. The van der Waals surface area contributed by atoms with E-state index in [2.05, 4.69) is 12.2 Å². The highest BCUT2D eigenvalue weighted by atomic mass is 16.5. The van der Waals surface area contributed by atoms with Crippen LogP contribution in [-0.4, -0.2) is 50.2 Å².